The minimum atomic E-state index is -0.370. The van der Waals surface area contributed by atoms with Crippen molar-refractivity contribution in [2.24, 2.45) is 5.73 Å². The van der Waals surface area contributed by atoms with Gasteiger partial charge in [-0.25, -0.2) is 4.39 Å². The second kappa shape index (κ2) is 9.26. The average molecular weight is 445 g/mol. The van der Waals surface area contributed by atoms with E-state index in [4.69, 9.17) is 10.2 Å². The number of hydrogen-bond donors (Lipinski definition) is 2. The van der Waals surface area contributed by atoms with E-state index < -0.39 is 0 Å². The van der Waals surface area contributed by atoms with Crippen LogP contribution in [0.4, 0.5) is 4.39 Å². The average Bonchev–Trinajstić information content (AvgIpc) is 3.22. The molecule has 2 amide bonds. The van der Waals surface area contributed by atoms with Crippen LogP contribution >= 0.6 is 0 Å². The third-order valence-electron chi connectivity index (χ3n) is 5.50. The number of furan rings is 1. The van der Waals surface area contributed by atoms with Crippen molar-refractivity contribution in [1.82, 2.24) is 10.2 Å². The van der Waals surface area contributed by atoms with Gasteiger partial charge in [-0.15, -0.1) is 0 Å². The van der Waals surface area contributed by atoms with Gasteiger partial charge in [0.15, 0.2) is 0 Å². The fourth-order valence-corrected chi connectivity index (χ4v) is 3.78. The molecule has 0 saturated heterocycles. The lowest BCUT2D eigenvalue weighted by Gasteiger charge is -2.16. The first-order valence-electron chi connectivity index (χ1n) is 10.5. The van der Waals surface area contributed by atoms with Crippen molar-refractivity contribution in [3.63, 3.8) is 0 Å². The van der Waals surface area contributed by atoms with Gasteiger partial charge in [0.05, 0.1) is 5.56 Å². The maximum atomic E-state index is 13.4. The first kappa shape index (κ1) is 22.2. The Bertz CT molecular complexity index is 1330. The minimum absolute atomic E-state index is 0.115. The van der Waals surface area contributed by atoms with E-state index in [9.17, 15) is 14.0 Å². The summed E-state index contributed by atoms with van der Waals surface area (Å²) in [7, 11) is 3.26. The van der Waals surface area contributed by atoms with Gasteiger partial charge < -0.3 is 20.4 Å². The summed E-state index contributed by atoms with van der Waals surface area (Å²) in [5.41, 5.74) is 9.28. The molecule has 7 heteroatoms. The molecule has 0 fully saturated rings. The molecular formula is C26H24FN3O3. The Kier molecular flexibility index (Phi) is 6.24. The van der Waals surface area contributed by atoms with Crippen LogP contribution in [0.25, 0.3) is 33.4 Å². The second-order valence-corrected chi connectivity index (χ2v) is 7.70. The smallest absolute Gasteiger partial charge is 0.255 e. The van der Waals surface area contributed by atoms with Gasteiger partial charge in [0, 0.05) is 43.7 Å². The summed E-state index contributed by atoms with van der Waals surface area (Å²) in [6.45, 7) is 0.851. The van der Waals surface area contributed by atoms with Crippen LogP contribution in [0.5, 0.6) is 0 Å². The lowest BCUT2D eigenvalue weighted by atomic mass is 9.99. The van der Waals surface area contributed by atoms with Gasteiger partial charge in [0.1, 0.15) is 17.2 Å². The van der Waals surface area contributed by atoms with Crippen molar-refractivity contribution in [1.29, 1.82) is 0 Å². The molecule has 6 nitrogen and oxygen atoms in total. The van der Waals surface area contributed by atoms with Crippen molar-refractivity contribution < 1.29 is 18.4 Å². The van der Waals surface area contributed by atoms with Crippen LogP contribution in [0.2, 0.25) is 0 Å². The maximum Gasteiger partial charge on any atom is 0.255 e. The Labute approximate surface area is 190 Å². The van der Waals surface area contributed by atoms with Crippen molar-refractivity contribution in [2.45, 2.75) is 0 Å². The standard InChI is InChI=1S/C26H24FN3O3/c1-29-25(31)23-21-15-18(17-4-3-5-19(14-17)26(32)30(2)13-12-28)8-11-22(21)33-24(23)16-6-9-20(27)10-7-16/h3-11,14-15H,12-13,28H2,1-2H3,(H,29,31). The van der Waals surface area contributed by atoms with Crippen molar-refractivity contribution in [2.75, 3.05) is 27.2 Å². The number of hydrogen-bond acceptors (Lipinski definition) is 4. The molecule has 0 spiro atoms. The Morgan fingerprint density at radius 3 is 2.39 bits per heavy atom. The summed E-state index contributed by atoms with van der Waals surface area (Å²) in [6, 6.07) is 18.6. The Balaban J connectivity index is 1.81. The molecule has 0 bridgehead atoms. The molecule has 3 N–H and O–H groups in total. The number of nitrogens with two attached hydrogens (primary N) is 1. The number of nitrogens with one attached hydrogen (secondary N) is 1. The van der Waals surface area contributed by atoms with Gasteiger partial charge in [-0.2, -0.15) is 0 Å². The van der Waals surface area contributed by atoms with Gasteiger partial charge in [0.25, 0.3) is 11.8 Å². The zero-order valence-corrected chi connectivity index (χ0v) is 18.4. The normalized spacial score (nSPS) is 10.9. The summed E-state index contributed by atoms with van der Waals surface area (Å²) < 4.78 is 19.4. The third kappa shape index (κ3) is 4.36. The highest BCUT2D eigenvalue weighted by molar-refractivity contribution is 6.11. The molecule has 1 heterocycles. The summed E-state index contributed by atoms with van der Waals surface area (Å²) in [5.74, 6) is -0.423. The fourth-order valence-electron chi connectivity index (χ4n) is 3.78. The molecule has 0 unspecified atom stereocenters. The van der Waals surface area contributed by atoms with Crippen LogP contribution in [-0.2, 0) is 0 Å². The van der Waals surface area contributed by atoms with E-state index in [1.165, 1.54) is 12.1 Å². The number of carbonyl (C=O) groups is 2. The molecule has 33 heavy (non-hydrogen) atoms. The minimum Gasteiger partial charge on any atom is -0.455 e. The largest absolute Gasteiger partial charge is 0.455 e. The van der Waals surface area contributed by atoms with Gasteiger partial charge in [-0.1, -0.05) is 18.2 Å². The zero-order valence-electron chi connectivity index (χ0n) is 18.4. The van der Waals surface area contributed by atoms with Crippen LogP contribution in [-0.4, -0.2) is 43.9 Å². The highest BCUT2D eigenvalue weighted by Crippen LogP contribution is 2.36. The summed E-state index contributed by atoms with van der Waals surface area (Å²) in [5, 5.41) is 3.28. The molecule has 0 saturated carbocycles. The van der Waals surface area contributed by atoms with Gasteiger partial charge in [0.2, 0.25) is 0 Å². The lowest BCUT2D eigenvalue weighted by molar-refractivity contribution is 0.0798. The highest BCUT2D eigenvalue weighted by Gasteiger charge is 2.22. The number of amides is 2. The quantitative estimate of drug-likeness (QED) is 0.463. The molecule has 0 aliphatic rings. The Morgan fingerprint density at radius 1 is 1.00 bits per heavy atom. The van der Waals surface area contributed by atoms with E-state index in [2.05, 4.69) is 5.32 Å². The fraction of sp³-hybridized carbons (Fsp3) is 0.154. The molecule has 4 rings (SSSR count). The SMILES string of the molecule is CNC(=O)c1c(-c2ccc(F)cc2)oc2ccc(-c3cccc(C(=O)N(C)CCN)c3)cc12. The summed E-state index contributed by atoms with van der Waals surface area (Å²) in [6.07, 6.45) is 0. The molecule has 0 radical (unpaired) electrons. The number of nitrogens with zero attached hydrogens (tertiary/aromatic N) is 1. The molecule has 1 aromatic heterocycles. The number of fused-ring (bicyclic) bond motifs is 1. The van der Waals surface area contributed by atoms with Crippen LogP contribution in [0.1, 0.15) is 20.7 Å². The predicted molar refractivity (Wildman–Crippen MR) is 126 cm³/mol. The van der Waals surface area contributed by atoms with E-state index >= 15 is 0 Å². The molecule has 0 aliphatic heterocycles. The number of likely N-dealkylation sites (N-methyl/N-ethyl adjacent to an activating group) is 1. The van der Waals surface area contributed by atoms with Gasteiger partial charge in [-0.3, -0.25) is 9.59 Å². The van der Waals surface area contributed by atoms with Crippen LogP contribution in [0, 0.1) is 5.82 Å². The van der Waals surface area contributed by atoms with Gasteiger partial charge in [-0.05, 0) is 59.7 Å². The van der Waals surface area contributed by atoms with E-state index in [1.807, 2.05) is 30.3 Å². The molecule has 4 aromatic rings. The van der Waals surface area contributed by atoms with Crippen LogP contribution < -0.4 is 11.1 Å². The monoisotopic (exact) mass is 445 g/mol. The van der Waals surface area contributed by atoms with E-state index in [1.54, 1.807) is 43.3 Å². The first-order chi connectivity index (χ1) is 15.9. The van der Waals surface area contributed by atoms with Crippen molar-refractivity contribution in [3.8, 4) is 22.5 Å². The van der Waals surface area contributed by atoms with Crippen LogP contribution in [0.3, 0.4) is 0 Å². The zero-order chi connectivity index (χ0) is 23.5. The van der Waals surface area contributed by atoms with E-state index in [0.29, 0.717) is 46.5 Å². The second-order valence-electron chi connectivity index (χ2n) is 7.70. The molecular weight excluding hydrogens is 421 g/mol. The summed E-state index contributed by atoms with van der Waals surface area (Å²) in [4.78, 5) is 27.0. The van der Waals surface area contributed by atoms with Crippen molar-refractivity contribution >= 4 is 22.8 Å². The van der Waals surface area contributed by atoms with E-state index in [-0.39, 0.29) is 17.6 Å². The molecule has 0 atom stereocenters. The highest BCUT2D eigenvalue weighted by atomic mass is 19.1. The van der Waals surface area contributed by atoms with Crippen molar-refractivity contribution in [3.05, 3.63) is 83.7 Å². The van der Waals surface area contributed by atoms with Crippen LogP contribution in [0.15, 0.2) is 71.1 Å². The molecule has 168 valence electrons. The third-order valence-corrected chi connectivity index (χ3v) is 5.50. The Hall–Kier alpha value is -3.97. The number of benzene rings is 3. The predicted octanol–water partition coefficient (Wildman–Crippen LogP) is 4.30. The topological polar surface area (TPSA) is 88.6 Å². The molecule has 3 aromatic carbocycles. The number of rotatable bonds is 6. The number of halogens is 1. The lowest BCUT2D eigenvalue weighted by Crippen LogP contribution is -2.31. The maximum absolute atomic E-state index is 13.4. The Morgan fingerprint density at radius 2 is 1.70 bits per heavy atom. The number of carbonyl (C=O) groups excluding carboxylic acids is 2. The first-order valence-corrected chi connectivity index (χ1v) is 10.5. The molecule has 0 aliphatic carbocycles. The van der Waals surface area contributed by atoms with E-state index in [0.717, 1.165) is 11.1 Å². The summed E-state index contributed by atoms with van der Waals surface area (Å²) >= 11 is 0. The van der Waals surface area contributed by atoms with Gasteiger partial charge >= 0.3 is 0 Å².